The Hall–Kier alpha value is -0.890. The minimum Gasteiger partial charge on any atom is -0.313 e. The molecule has 2 heteroatoms. The summed E-state index contributed by atoms with van der Waals surface area (Å²) >= 11 is 0. The van der Waals surface area contributed by atoms with Crippen molar-refractivity contribution in [3.05, 3.63) is 29.6 Å². The molecule has 0 saturated heterocycles. The quantitative estimate of drug-likeness (QED) is 0.871. The highest BCUT2D eigenvalue weighted by Gasteiger charge is 2.36. The smallest absolute Gasteiger partial charge is 0.0482 e. The van der Waals surface area contributed by atoms with E-state index in [4.69, 9.17) is 4.98 Å². The molecule has 1 N–H and O–H groups in total. The summed E-state index contributed by atoms with van der Waals surface area (Å²) in [7, 11) is 0. The molecule has 0 aliphatic heterocycles. The second-order valence-electron chi connectivity index (χ2n) is 6.22. The molecule has 2 nitrogen and oxygen atoms in total. The van der Waals surface area contributed by atoms with Gasteiger partial charge in [-0.2, -0.15) is 0 Å². The average Bonchev–Trinajstić information content (AvgIpc) is 2.41. The SMILES string of the molecule is CCCNC(C1CCC1)C1CCCc2cccnc21. The van der Waals surface area contributed by atoms with E-state index in [0.717, 1.165) is 12.5 Å². The number of hydrogen-bond acceptors (Lipinski definition) is 2. The van der Waals surface area contributed by atoms with Crippen LogP contribution in [-0.4, -0.2) is 17.6 Å². The minimum absolute atomic E-state index is 0.654. The molecular formula is C17H26N2. The van der Waals surface area contributed by atoms with Gasteiger partial charge in [0.25, 0.3) is 0 Å². The molecule has 104 valence electrons. The highest BCUT2D eigenvalue weighted by atomic mass is 14.9. The number of pyridine rings is 1. The third-order valence-corrected chi connectivity index (χ3v) is 4.96. The Morgan fingerprint density at radius 3 is 2.95 bits per heavy atom. The maximum atomic E-state index is 4.73. The van der Waals surface area contributed by atoms with Crippen molar-refractivity contribution in [2.24, 2.45) is 5.92 Å². The summed E-state index contributed by atoms with van der Waals surface area (Å²) in [5, 5.41) is 3.84. The van der Waals surface area contributed by atoms with Gasteiger partial charge in [0.05, 0.1) is 0 Å². The summed E-state index contributed by atoms with van der Waals surface area (Å²) in [5.74, 6) is 1.55. The van der Waals surface area contributed by atoms with Gasteiger partial charge in [-0.05, 0) is 62.6 Å². The maximum absolute atomic E-state index is 4.73. The third kappa shape index (κ3) is 2.69. The van der Waals surface area contributed by atoms with Gasteiger partial charge in [0.2, 0.25) is 0 Å². The molecule has 0 aromatic carbocycles. The molecule has 3 rings (SSSR count). The van der Waals surface area contributed by atoms with Crippen LogP contribution in [0.4, 0.5) is 0 Å². The van der Waals surface area contributed by atoms with Crippen LogP contribution in [0.1, 0.15) is 62.6 Å². The minimum atomic E-state index is 0.654. The van der Waals surface area contributed by atoms with Crippen LogP contribution in [0.3, 0.4) is 0 Å². The van der Waals surface area contributed by atoms with Crippen molar-refractivity contribution in [3.63, 3.8) is 0 Å². The second kappa shape index (κ2) is 6.04. The molecule has 2 atom stereocenters. The monoisotopic (exact) mass is 258 g/mol. The number of aryl methyl sites for hydroxylation is 1. The van der Waals surface area contributed by atoms with Crippen LogP contribution in [0.15, 0.2) is 18.3 Å². The molecule has 2 aliphatic rings. The lowest BCUT2D eigenvalue weighted by Gasteiger charge is -2.41. The Balaban J connectivity index is 1.81. The van der Waals surface area contributed by atoms with Gasteiger partial charge in [-0.1, -0.05) is 19.4 Å². The van der Waals surface area contributed by atoms with Gasteiger partial charge >= 0.3 is 0 Å². The number of fused-ring (bicyclic) bond motifs is 1. The lowest BCUT2D eigenvalue weighted by Crippen LogP contribution is -2.45. The van der Waals surface area contributed by atoms with E-state index in [2.05, 4.69) is 24.4 Å². The van der Waals surface area contributed by atoms with Crippen molar-refractivity contribution in [1.29, 1.82) is 0 Å². The van der Waals surface area contributed by atoms with Crippen LogP contribution in [0, 0.1) is 5.92 Å². The number of aromatic nitrogens is 1. The molecule has 2 aliphatic carbocycles. The van der Waals surface area contributed by atoms with E-state index >= 15 is 0 Å². The number of hydrogen-bond donors (Lipinski definition) is 1. The molecule has 19 heavy (non-hydrogen) atoms. The Morgan fingerprint density at radius 1 is 1.32 bits per heavy atom. The first-order valence-electron chi connectivity index (χ1n) is 8.07. The van der Waals surface area contributed by atoms with Crippen molar-refractivity contribution < 1.29 is 0 Å². The molecule has 0 spiro atoms. The molecule has 1 aromatic heterocycles. The predicted molar refractivity (Wildman–Crippen MR) is 79.3 cm³/mol. The Bertz CT molecular complexity index is 411. The van der Waals surface area contributed by atoms with Gasteiger partial charge in [0.1, 0.15) is 0 Å². The van der Waals surface area contributed by atoms with Crippen molar-refractivity contribution >= 4 is 0 Å². The molecule has 0 radical (unpaired) electrons. The number of rotatable bonds is 5. The number of nitrogens with one attached hydrogen (secondary N) is 1. The fourth-order valence-electron chi connectivity index (χ4n) is 3.74. The van der Waals surface area contributed by atoms with Gasteiger partial charge in [0, 0.05) is 23.9 Å². The zero-order chi connectivity index (χ0) is 13.1. The summed E-state index contributed by atoms with van der Waals surface area (Å²) in [6, 6.07) is 5.05. The highest BCUT2D eigenvalue weighted by Crippen LogP contribution is 2.40. The Morgan fingerprint density at radius 2 is 2.21 bits per heavy atom. The fourth-order valence-corrected chi connectivity index (χ4v) is 3.74. The average molecular weight is 258 g/mol. The van der Waals surface area contributed by atoms with Crippen LogP contribution in [0.25, 0.3) is 0 Å². The van der Waals surface area contributed by atoms with Gasteiger partial charge in [-0.15, -0.1) is 0 Å². The molecule has 1 fully saturated rings. The predicted octanol–water partition coefficient (Wildman–Crippen LogP) is 3.67. The van der Waals surface area contributed by atoms with E-state index in [-0.39, 0.29) is 0 Å². The zero-order valence-electron chi connectivity index (χ0n) is 12.1. The van der Waals surface area contributed by atoms with Gasteiger partial charge < -0.3 is 5.32 Å². The third-order valence-electron chi connectivity index (χ3n) is 4.96. The molecule has 1 heterocycles. The fraction of sp³-hybridized carbons (Fsp3) is 0.706. The topological polar surface area (TPSA) is 24.9 Å². The lowest BCUT2D eigenvalue weighted by molar-refractivity contribution is 0.192. The zero-order valence-corrected chi connectivity index (χ0v) is 12.1. The summed E-state index contributed by atoms with van der Waals surface area (Å²) < 4.78 is 0. The van der Waals surface area contributed by atoms with E-state index in [1.54, 1.807) is 0 Å². The van der Waals surface area contributed by atoms with Crippen LogP contribution in [0.5, 0.6) is 0 Å². The van der Waals surface area contributed by atoms with Gasteiger partial charge in [-0.25, -0.2) is 0 Å². The van der Waals surface area contributed by atoms with E-state index in [1.165, 1.54) is 56.2 Å². The normalized spacial score (nSPS) is 24.6. The summed E-state index contributed by atoms with van der Waals surface area (Å²) in [5.41, 5.74) is 2.90. The van der Waals surface area contributed by atoms with Crippen LogP contribution in [0.2, 0.25) is 0 Å². The van der Waals surface area contributed by atoms with Gasteiger partial charge in [-0.3, -0.25) is 4.98 Å². The van der Waals surface area contributed by atoms with E-state index in [1.807, 2.05) is 6.20 Å². The lowest BCUT2D eigenvalue weighted by atomic mass is 9.70. The summed E-state index contributed by atoms with van der Waals surface area (Å²) in [6.45, 7) is 3.41. The Labute approximate surface area is 117 Å². The van der Waals surface area contributed by atoms with E-state index in [9.17, 15) is 0 Å². The van der Waals surface area contributed by atoms with Crippen molar-refractivity contribution in [1.82, 2.24) is 10.3 Å². The number of nitrogens with zero attached hydrogens (tertiary/aromatic N) is 1. The van der Waals surface area contributed by atoms with Crippen LogP contribution < -0.4 is 5.32 Å². The molecular weight excluding hydrogens is 232 g/mol. The van der Waals surface area contributed by atoms with E-state index < -0.39 is 0 Å². The van der Waals surface area contributed by atoms with Crippen molar-refractivity contribution in [3.8, 4) is 0 Å². The first kappa shape index (κ1) is 13.1. The molecule has 0 amide bonds. The summed E-state index contributed by atoms with van der Waals surface area (Å²) in [4.78, 5) is 4.73. The largest absolute Gasteiger partial charge is 0.313 e. The molecule has 1 aromatic rings. The van der Waals surface area contributed by atoms with Crippen LogP contribution in [-0.2, 0) is 6.42 Å². The first-order valence-corrected chi connectivity index (χ1v) is 8.07. The highest BCUT2D eigenvalue weighted by molar-refractivity contribution is 5.27. The second-order valence-corrected chi connectivity index (χ2v) is 6.22. The van der Waals surface area contributed by atoms with Crippen molar-refractivity contribution in [2.45, 2.75) is 63.8 Å². The molecule has 0 bridgehead atoms. The molecule has 1 saturated carbocycles. The Kier molecular flexibility index (Phi) is 4.17. The first-order chi connectivity index (χ1) is 9.40. The van der Waals surface area contributed by atoms with Crippen LogP contribution >= 0.6 is 0 Å². The van der Waals surface area contributed by atoms with E-state index in [0.29, 0.717) is 12.0 Å². The molecule has 2 unspecified atom stereocenters. The maximum Gasteiger partial charge on any atom is 0.0482 e. The van der Waals surface area contributed by atoms with Crippen molar-refractivity contribution in [2.75, 3.05) is 6.54 Å². The standard InChI is InChI=1S/C17H26N2/c1-2-11-18-16(13-6-3-7-13)15-10-4-8-14-9-5-12-19-17(14)15/h5,9,12-13,15-16,18H,2-4,6-8,10-11H2,1H3. The summed E-state index contributed by atoms with van der Waals surface area (Å²) in [6.07, 6.45) is 11.4. The van der Waals surface area contributed by atoms with Gasteiger partial charge in [0.15, 0.2) is 0 Å².